The maximum atomic E-state index is 11.7. The maximum Gasteiger partial charge on any atom is 0.327 e. The topological polar surface area (TPSA) is 76.0 Å². The van der Waals surface area contributed by atoms with Crippen molar-refractivity contribution < 1.29 is 9.59 Å². The second kappa shape index (κ2) is 10.8. The lowest BCUT2D eigenvalue weighted by atomic mass is 10.1. The molecule has 3 amide bonds. The van der Waals surface area contributed by atoms with E-state index in [2.05, 4.69) is 22.7 Å². The van der Waals surface area contributed by atoms with Crippen LogP contribution in [-0.2, 0) is 11.3 Å². The fourth-order valence-corrected chi connectivity index (χ4v) is 2.27. The summed E-state index contributed by atoms with van der Waals surface area (Å²) in [6.45, 7) is 4.79. The molecule has 0 aromatic carbocycles. The van der Waals surface area contributed by atoms with Gasteiger partial charge in [0, 0.05) is 19.0 Å². The van der Waals surface area contributed by atoms with Gasteiger partial charge in [0.15, 0.2) is 0 Å². The molecular formula is C16H28N4O2. The Labute approximate surface area is 132 Å². The molecule has 0 saturated carbocycles. The minimum Gasteiger partial charge on any atom is -0.292 e. The Morgan fingerprint density at radius 3 is 2.45 bits per heavy atom. The predicted molar refractivity (Wildman–Crippen MR) is 87.7 cm³/mol. The van der Waals surface area contributed by atoms with Crippen LogP contribution in [0.1, 0.15) is 65.2 Å². The third kappa shape index (κ3) is 7.24. The highest BCUT2D eigenvalue weighted by Crippen LogP contribution is 2.08. The van der Waals surface area contributed by atoms with E-state index in [9.17, 15) is 9.59 Å². The molecule has 0 atom stereocenters. The maximum absolute atomic E-state index is 11.7. The zero-order valence-corrected chi connectivity index (χ0v) is 13.7. The number of hydrogen-bond donors (Lipinski definition) is 2. The predicted octanol–water partition coefficient (Wildman–Crippen LogP) is 3.69. The largest absolute Gasteiger partial charge is 0.327 e. The molecule has 22 heavy (non-hydrogen) atoms. The van der Waals surface area contributed by atoms with Crippen molar-refractivity contribution in [1.29, 1.82) is 0 Å². The number of unbranched alkanes of at least 4 members (excludes halogenated alkanes) is 6. The minimum atomic E-state index is -0.497. The molecule has 1 rings (SSSR count). The number of urea groups is 1. The van der Waals surface area contributed by atoms with Crippen LogP contribution in [0.4, 0.5) is 10.6 Å². The van der Waals surface area contributed by atoms with Crippen molar-refractivity contribution in [2.24, 2.45) is 0 Å². The smallest absolute Gasteiger partial charge is 0.292 e. The number of rotatable bonds is 10. The van der Waals surface area contributed by atoms with Crippen molar-refractivity contribution >= 4 is 17.8 Å². The number of anilines is 1. The third-order valence-electron chi connectivity index (χ3n) is 3.52. The zero-order valence-electron chi connectivity index (χ0n) is 13.7. The molecule has 6 nitrogen and oxygen atoms in total. The molecule has 0 saturated heterocycles. The lowest BCUT2D eigenvalue weighted by Gasteiger charge is -2.08. The highest BCUT2D eigenvalue weighted by molar-refractivity contribution is 6.00. The van der Waals surface area contributed by atoms with Gasteiger partial charge in [0.05, 0.1) is 6.20 Å². The van der Waals surface area contributed by atoms with E-state index in [0.717, 1.165) is 19.3 Å². The summed E-state index contributed by atoms with van der Waals surface area (Å²) in [6, 6.07) is 1.20. The first-order valence-electron chi connectivity index (χ1n) is 8.30. The Morgan fingerprint density at radius 1 is 1.09 bits per heavy atom. The van der Waals surface area contributed by atoms with Crippen LogP contribution in [0, 0.1) is 0 Å². The van der Waals surface area contributed by atoms with Gasteiger partial charge in [-0.3, -0.25) is 15.4 Å². The number of nitrogens with zero attached hydrogens (tertiary/aromatic N) is 2. The molecule has 1 aromatic heterocycles. The van der Waals surface area contributed by atoms with Gasteiger partial charge >= 0.3 is 6.03 Å². The highest BCUT2D eigenvalue weighted by Gasteiger charge is 2.09. The second-order valence-corrected chi connectivity index (χ2v) is 5.41. The van der Waals surface area contributed by atoms with Gasteiger partial charge in [-0.1, -0.05) is 45.4 Å². The number of imide groups is 1. The standard InChI is InChI=1S/C16H28N4O2/c1-3-5-6-7-8-9-10-11-15(21)19-16(22)18-14-12-13-17-20(14)4-2/h12-13H,3-11H2,1-2H3,(H2,18,19,21,22). The summed E-state index contributed by atoms with van der Waals surface area (Å²) in [4.78, 5) is 23.4. The summed E-state index contributed by atoms with van der Waals surface area (Å²) >= 11 is 0. The van der Waals surface area contributed by atoms with E-state index in [4.69, 9.17) is 0 Å². The van der Waals surface area contributed by atoms with Crippen molar-refractivity contribution in [1.82, 2.24) is 15.1 Å². The van der Waals surface area contributed by atoms with Crippen LogP contribution >= 0.6 is 0 Å². The average molecular weight is 308 g/mol. The van der Waals surface area contributed by atoms with Crippen LogP contribution in [0.25, 0.3) is 0 Å². The van der Waals surface area contributed by atoms with Crippen LogP contribution in [0.3, 0.4) is 0 Å². The fraction of sp³-hybridized carbons (Fsp3) is 0.688. The van der Waals surface area contributed by atoms with Gasteiger partial charge in [0.25, 0.3) is 0 Å². The summed E-state index contributed by atoms with van der Waals surface area (Å²) in [6.07, 6.45) is 10.1. The first-order valence-corrected chi connectivity index (χ1v) is 8.30. The molecule has 2 N–H and O–H groups in total. The summed E-state index contributed by atoms with van der Waals surface area (Å²) < 4.78 is 1.65. The number of nitrogens with one attached hydrogen (secondary N) is 2. The monoisotopic (exact) mass is 308 g/mol. The lowest BCUT2D eigenvalue weighted by Crippen LogP contribution is -2.34. The molecule has 0 radical (unpaired) electrons. The molecule has 124 valence electrons. The number of amides is 3. The van der Waals surface area contributed by atoms with Gasteiger partial charge < -0.3 is 0 Å². The van der Waals surface area contributed by atoms with E-state index in [-0.39, 0.29) is 5.91 Å². The van der Waals surface area contributed by atoms with Gasteiger partial charge in [-0.15, -0.1) is 0 Å². The molecule has 1 heterocycles. The molecule has 0 aliphatic rings. The van der Waals surface area contributed by atoms with E-state index < -0.39 is 6.03 Å². The van der Waals surface area contributed by atoms with E-state index >= 15 is 0 Å². The number of aromatic nitrogens is 2. The summed E-state index contributed by atoms with van der Waals surface area (Å²) in [5.41, 5.74) is 0. The quantitative estimate of drug-likeness (QED) is 0.647. The summed E-state index contributed by atoms with van der Waals surface area (Å²) in [5, 5.41) is 9.02. The number of hydrogen-bond acceptors (Lipinski definition) is 3. The second-order valence-electron chi connectivity index (χ2n) is 5.41. The Kier molecular flexibility index (Phi) is 8.95. The van der Waals surface area contributed by atoms with Gasteiger partial charge in [-0.05, 0) is 13.3 Å². The van der Waals surface area contributed by atoms with Crippen molar-refractivity contribution in [3.05, 3.63) is 12.3 Å². The van der Waals surface area contributed by atoms with Gasteiger partial charge in [-0.2, -0.15) is 5.10 Å². The van der Waals surface area contributed by atoms with Gasteiger partial charge in [0.1, 0.15) is 5.82 Å². The molecule has 0 bridgehead atoms. The zero-order chi connectivity index (χ0) is 16.2. The van der Waals surface area contributed by atoms with Crippen LogP contribution in [0.5, 0.6) is 0 Å². The average Bonchev–Trinajstić information content (AvgIpc) is 2.93. The number of carbonyl (C=O) groups excluding carboxylic acids is 2. The summed E-state index contributed by atoms with van der Waals surface area (Å²) in [5.74, 6) is 0.359. The first kappa shape index (κ1) is 18.2. The van der Waals surface area contributed by atoms with Gasteiger partial charge in [0.2, 0.25) is 5.91 Å². The molecule has 0 spiro atoms. The van der Waals surface area contributed by atoms with Gasteiger partial charge in [-0.25, -0.2) is 9.48 Å². The minimum absolute atomic E-state index is 0.228. The van der Waals surface area contributed by atoms with E-state index in [1.54, 1.807) is 16.9 Å². The lowest BCUT2D eigenvalue weighted by molar-refractivity contribution is -0.120. The molecule has 0 unspecified atom stereocenters. The van der Waals surface area contributed by atoms with Crippen molar-refractivity contribution in [2.45, 2.75) is 71.8 Å². The molecule has 0 aliphatic carbocycles. The van der Waals surface area contributed by atoms with Crippen LogP contribution in [0.15, 0.2) is 12.3 Å². The van der Waals surface area contributed by atoms with Crippen LogP contribution in [-0.4, -0.2) is 21.7 Å². The molecule has 1 aromatic rings. The van der Waals surface area contributed by atoms with E-state index in [0.29, 0.717) is 18.8 Å². The molecule has 6 heteroatoms. The van der Waals surface area contributed by atoms with Crippen molar-refractivity contribution in [3.8, 4) is 0 Å². The Morgan fingerprint density at radius 2 is 1.77 bits per heavy atom. The molecule has 0 fully saturated rings. The number of carbonyl (C=O) groups is 2. The Hall–Kier alpha value is -1.85. The first-order chi connectivity index (χ1) is 10.7. The fourth-order valence-electron chi connectivity index (χ4n) is 2.27. The molecular weight excluding hydrogens is 280 g/mol. The van der Waals surface area contributed by atoms with E-state index in [1.165, 1.54) is 25.7 Å². The van der Waals surface area contributed by atoms with E-state index in [1.807, 2.05) is 6.92 Å². The summed E-state index contributed by atoms with van der Waals surface area (Å²) in [7, 11) is 0. The molecule has 0 aliphatic heterocycles. The normalized spacial score (nSPS) is 10.5. The van der Waals surface area contributed by atoms with Crippen molar-refractivity contribution in [3.63, 3.8) is 0 Å². The Bertz CT molecular complexity index is 457. The van der Waals surface area contributed by atoms with Crippen LogP contribution < -0.4 is 10.6 Å². The Balaban J connectivity index is 2.12. The highest BCUT2D eigenvalue weighted by atomic mass is 16.2. The number of aryl methyl sites for hydroxylation is 1. The third-order valence-corrected chi connectivity index (χ3v) is 3.52. The van der Waals surface area contributed by atoms with Crippen LogP contribution in [0.2, 0.25) is 0 Å². The SMILES string of the molecule is CCCCCCCCCC(=O)NC(=O)Nc1ccnn1CC. The van der Waals surface area contributed by atoms with Crippen molar-refractivity contribution in [2.75, 3.05) is 5.32 Å².